The Bertz CT molecular complexity index is 1460. The maximum Gasteiger partial charge on any atom is 0.177 e. The minimum Gasteiger partial charge on any atom is -0.493 e. The van der Waals surface area contributed by atoms with E-state index in [1.807, 2.05) is 13.1 Å². The van der Waals surface area contributed by atoms with E-state index >= 15 is 0 Å². The molecule has 1 fully saturated rings. The molecule has 198 valence electrons. The molecule has 1 saturated carbocycles. The van der Waals surface area contributed by atoms with Crippen molar-refractivity contribution in [3.63, 3.8) is 0 Å². The number of aromatic amines is 1. The lowest BCUT2D eigenvalue weighted by atomic mass is 9.76. The van der Waals surface area contributed by atoms with Gasteiger partial charge in [0, 0.05) is 29.6 Å². The molecule has 0 saturated heterocycles. The molecule has 0 bridgehead atoms. The van der Waals surface area contributed by atoms with Gasteiger partial charge in [-0.2, -0.15) is 0 Å². The number of ether oxygens (including phenoxy) is 1. The number of benzene rings is 1. The Morgan fingerprint density at radius 2 is 1.87 bits per heavy atom. The summed E-state index contributed by atoms with van der Waals surface area (Å²) < 4.78 is 6.34. The van der Waals surface area contributed by atoms with Crippen LogP contribution in [0.3, 0.4) is 0 Å². The zero-order valence-electron chi connectivity index (χ0n) is 23.5. The van der Waals surface area contributed by atoms with Crippen LogP contribution in [-0.2, 0) is 6.42 Å². The Hall–Kier alpha value is -3.21. The molecule has 3 aromatic rings. The van der Waals surface area contributed by atoms with E-state index in [1.54, 1.807) is 11.1 Å². The Morgan fingerprint density at radius 3 is 2.74 bits per heavy atom. The molecule has 2 aromatic heterocycles. The summed E-state index contributed by atoms with van der Waals surface area (Å²) in [4.78, 5) is 17.5. The second kappa shape index (κ2) is 10.2. The summed E-state index contributed by atoms with van der Waals surface area (Å²) in [6.07, 6.45) is 10.9. The zero-order valence-corrected chi connectivity index (χ0v) is 23.5. The van der Waals surface area contributed by atoms with Crippen molar-refractivity contribution in [2.75, 3.05) is 6.61 Å². The van der Waals surface area contributed by atoms with Gasteiger partial charge in [0.05, 0.1) is 12.1 Å². The Balaban J connectivity index is 1.26. The highest BCUT2D eigenvalue weighted by atomic mass is 16.5. The van der Waals surface area contributed by atoms with Gasteiger partial charge in [0.15, 0.2) is 5.65 Å². The number of fused-ring (bicyclic) bond motifs is 3. The lowest BCUT2D eigenvalue weighted by Crippen LogP contribution is -2.22. The molecule has 6 rings (SSSR count). The second-order valence-electron chi connectivity index (χ2n) is 12.0. The van der Waals surface area contributed by atoms with Gasteiger partial charge >= 0.3 is 0 Å². The van der Waals surface area contributed by atoms with Crippen LogP contribution in [0.5, 0.6) is 5.75 Å². The Kier molecular flexibility index (Phi) is 6.71. The third-order valence-electron chi connectivity index (χ3n) is 9.16. The van der Waals surface area contributed by atoms with E-state index in [9.17, 15) is 0 Å². The van der Waals surface area contributed by atoms with E-state index in [0.29, 0.717) is 17.8 Å². The number of nitrogens with zero attached hydrogens (tertiary/aromatic N) is 3. The van der Waals surface area contributed by atoms with Crippen LogP contribution in [0, 0.1) is 30.6 Å². The van der Waals surface area contributed by atoms with Gasteiger partial charge in [-0.3, -0.25) is 4.99 Å². The van der Waals surface area contributed by atoms with E-state index in [2.05, 4.69) is 73.1 Å². The minimum atomic E-state index is 0.422. The average molecular weight is 509 g/mol. The van der Waals surface area contributed by atoms with Gasteiger partial charge in [0.25, 0.3) is 0 Å². The molecule has 4 atom stereocenters. The molecular formula is C33H40N4O. The van der Waals surface area contributed by atoms with Crippen molar-refractivity contribution < 1.29 is 4.74 Å². The van der Waals surface area contributed by atoms with Crippen molar-refractivity contribution in [2.24, 2.45) is 28.7 Å². The van der Waals surface area contributed by atoms with E-state index in [0.717, 1.165) is 60.1 Å². The molecule has 5 nitrogen and oxygen atoms in total. The van der Waals surface area contributed by atoms with Crippen LogP contribution in [0.15, 0.2) is 57.9 Å². The molecule has 1 aliphatic carbocycles. The number of pyridine rings is 1. The molecule has 3 aliphatic rings. The van der Waals surface area contributed by atoms with E-state index in [-0.39, 0.29) is 0 Å². The fraction of sp³-hybridized carbons (Fsp3) is 0.485. The van der Waals surface area contributed by atoms with Gasteiger partial charge in [0.2, 0.25) is 0 Å². The number of imidazole rings is 1. The number of rotatable bonds is 3. The maximum atomic E-state index is 6.34. The summed E-state index contributed by atoms with van der Waals surface area (Å²) in [6, 6.07) is 8.76. The summed E-state index contributed by atoms with van der Waals surface area (Å²) in [6.45, 7) is 12.2. The van der Waals surface area contributed by atoms with Crippen LogP contribution in [0.1, 0.15) is 71.2 Å². The lowest BCUT2D eigenvalue weighted by molar-refractivity contribution is 0.221. The molecular weight excluding hydrogens is 468 g/mol. The Labute approximate surface area is 226 Å². The van der Waals surface area contributed by atoms with Crippen LogP contribution in [0.2, 0.25) is 0 Å². The summed E-state index contributed by atoms with van der Waals surface area (Å²) >= 11 is 0. The van der Waals surface area contributed by atoms with Crippen LogP contribution in [-0.4, -0.2) is 27.8 Å². The van der Waals surface area contributed by atoms with Gasteiger partial charge in [-0.25, -0.2) is 9.97 Å². The van der Waals surface area contributed by atoms with Gasteiger partial charge in [-0.15, -0.1) is 0 Å². The standard InChI is InChI=1S/C33H40N4O/c1-19-6-8-28-29(12-19)22(4)21(3)17-34-30(28)15-24-10-11-38-32-9-7-25(14-26(32)13-20(24)2)27-16-31-33(35-18-27)37-23(5)36-31/h7,9,14,16-21,24H,6,8,10-13,15H2,1-5H3,(H,35,36,37). The zero-order chi connectivity index (χ0) is 26.4. The number of allylic oxidation sites excluding steroid dienone is 4. The SMILES string of the molecule is CC1=C2CC(C)CCC2=C(CC2CCOc3ccc(-c4cnc5nc(C)[nH]c5c4)cc3CC2C)N=CC1C. The highest BCUT2D eigenvalue weighted by molar-refractivity contribution is 5.78. The van der Waals surface area contributed by atoms with Crippen molar-refractivity contribution in [3.8, 4) is 16.9 Å². The molecule has 4 unspecified atom stereocenters. The topological polar surface area (TPSA) is 63.2 Å². The number of hydrogen-bond acceptors (Lipinski definition) is 4. The average Bonchev–Trinajstić information content (AvgIpc) is 3.23. The van der Waals surface area contributed by atoms with Gasteiger partial charge in [0.1, 0.15) is 11.6 Å². The normalized spacial score (nSPS) is 25.9. The third kappa shape index (κ3) is 4.83. The molecule has 1 aromatic carbocycles. The first-order valence-electron chi connectivity index (χ1n) is 14.4. The summed E-state index contributed by atoms with van der Waals surface area (Å²) in [5.74, 6) is 4.19. The molecule has 4 heterocycles. The van der Waals surface area contributed by atoms with Gasteiger partial charge in [-0.05, 0) is 111 Å². The number of H-pyrrole nitrogens is 1. The first-order chi connectivity index (χ1) is 18.4. The van der Waals surface area contributed by atoms with E-state index < -0.39 is 0 Å². The van der Waals surface area contributed by atoms with Crippen molar-refractivity contribution in [1.29, 1.82) is 0 Å². The predicted molar refractivity (Wildman–Crippen MR) is 156 cm³/mol. The van der Waals surface area contributed by atoms with E-state index in [4.69, 9.17) is 9.73 Å². The first kappa shape index (κ1) is 25.1. The van der Waals surface area contributed by atoms with Crippen molar-refractivity contribution >= 4 is 17.4 Å². The third-order valence-corrected chi connectivity index (χ3v) is 9.16. The monoisotopic (exact) mass is 508 g/mol. The Morgan fingerprint density at radius 1 is 1.00 bits per heavy atom. The van der Waals surface area contributed by atoms with Crippen LogP contribution in [0.4, 0.5) is 0 Å². The molecule has 0 radical (unpaired) electrons. The predicted octanol–water partition coefficient (Wildman–Crippen LogP) is 8.01. The van der Waals surface area contributed by atoms with Gasteiger partial charge < -0.3 is 9.72 Å². The fourth-order valence-corrected chi connectivity index (χ4v) is 6.58. The number of nitrogens with one attached hydrogen (secondary N) is 1. The quantitative estimate of drug-likeness (QED) is 0.390. The number of aryl methyl sites for hydroxylation is 1. The maximum absolute atomic E-state index is 6.34. The molecule has 2 aliphatic heterocycles. The second-order valence-corrected chi connectivity index (χ2v) is 12.0. The molecule has 0 spiro atoms. The molecule has 0 amide bonds. The fourth-order valence-electron chi connectivity index (χ4n) is 6.58. The van der Waals surface area contributed by atoms with Crippen molar-refractivity contribution in [1.82, 2.24) is 15.0 Å². The first-order valence-corrected chi connectivity index (χ1v) is 14.4. The summed E-state index contributed by atoms with van der Waals surface area (Å²) in [5.41, 5.74) is 11.3. The smallest absolute Gasteiger partial charge is 0.177 e. The lowest BCUT2D eigenvalue weighted by Gasteiger charge is -2.31. The number of hydrogen-bond donors (Lipinski definition) is 1. The highest BCUT2D eigenvalue weighted by Gasteiger charge is 2.29. The number of aromatic nitrogens is 3. The van der Waals surface area contributed by atoms with Crippen LogP contribution < -0.4 is 4.74 Å². The van der Waals surface area contributed by atoms with Crippen molar-refractivity contribution in [3.05, 3.63) is 64.3 Å². The van der Waals surface area contributed by atoms with Gasteiger partial charge in [-0.1, -0.05) is 32.4 Å². The highest BCUT2D eigenvalue weighted by Crippen LogP contribution is 2.43. The summed E-state index contributed by atoms with van der Waals surface area (Å²) in [5, 5.41) is 0. The van der Waals surface area contributed by atoms with Crippen LogP contribution in [0.25, 0.3) is 22.3 Å². The largest absolute Gasteiger partial charge is 0.493 e. The molecule has 5 heteroatoms. The minimum absolute atomic E-state index is 0.422. The summed E-state index contributed by atoms with van der Waals surface area (Å²) in [7, 11) is 0. The van der Waals surface area contributed by atoms with Crippen LogP contribution >= 0.6 is 0 Å². The molecule has 1 N–H and O–H groups in total. The molecule has 38 heavy (non-hydrogen) atoms. The van der Waals surface area contributed by atoms with E-state index in [1.165, 1.54) is 41.7 Å². The number of aliphatic imine (C=N–C) groups is 1. The van der Waals surface area contributed by atoms with Crippen molar-refractivity contribution in [2.45, 2.75) is 73.1 Å².